The molecule has 1 aliphatic rings. The van der Waals surface area contributed by atoms with Gasteiger partial charge in [-0.1, -0.05) is 0 Å². The lowest BCUT2D eigenvalue weighted by Gasteiger charge is -2.11. The highest BCUT2D eigenvalue weighted by Gasteiger charge is 2.30. The molecule has 1 aliphatic carbocycles. The highest BCUT2D eigenvalue weighted by Crippen LogP contribution is 2.32. The summed E-state index contributed by atoms with van der Waals surface area (Å²) in [5.74, 6) is 1.57. The zero-order valence-electron chi connectivity index (χ0n) is 14.3. The fraction of sp³-hybridized carbons (Fsp3) is 0.316. The quantitative estimate of drug-likeness (QED) is 0.775. The number of nitrogens with one attached hydrogen (secondary N) is 1. The van der Waals surface area contributed by atoms with Gasteiger partial charge in [-0.25, -0.2) is 4.52 Å². The molecule has 0 saturated heterocycles. The summed E-state index contributed by atoms with van der Waals surface area (Å²) >= 11 is 0. The van der Waals surface area contributed by atoms with Gasteiger partial charge in [0.15, 0.2) is 5.82 Å². The van der Waals surface area contributed by atoms with Gasteiger partial charge in [-0.2, -0.15) is 5.10 Å². The van der Waals surface area contributed by atoms with Crippen molar-refractivity contribution in [1.82, 2.24) is 14.6 Å². The van der Waals surface area contributed by atoms with Gasteiger partial charge >= 0.3 is 0 Å². The van der Waals surface area contributed by atoms with Crippen LogP contribution in [-0.4, -0.2) is 27.1 Å². The van der Waals surface area contributed by atoms with E-state index in [1.165, 1.54) is 0 Å². The Labute approximate surface area is 145 Å². The van der Waals surface area contributed by atoms with Crippen molar-refractivity contribution in [3.8, 4) is 16.9 Å². The Morgan fingerprint density at radius 1 is 1.36 bits per heavy atom. The molecule has 0 aliphatic heterocycles. The van der Waals surface area contributed by atoms with Crippen LogP contribution in [0.1, 0.15) is 25.5 Å². The van der Waals surface area contributed by atoms with Gasteiger partial charge in [0.2, 0.25) is 5.91 Å². The number of carbonyl (C=O) groups is 1. The number of pyridine rings is 2. The molecule has 0 spiro atoms. The van der Waals surface area contributed by atoms with Crippen LogP contribution in [0.2, 0.25) is 0 Å². The van der Waals surface area contributed by atoms with Crippen LogP contribution in [0.5, 0.6) is 5.75 Å². The second-order valence-electron chi connectivity index (χ2n) is 6.33. The number of hydrogen-bond acceptors (Lipinski definition) is 4. The van der Waals surface area contributed by atoms with E-state index < -0.39 is 0 Å². The molecule has 0 radical (unpaired) electrons. The van der Waals surface area contributed by atoms with Crippen molar-refractivity contribution in [3.63, 3.8) is 0 Å². The molecule has 3 heterocycles. The highest BCUT2D eigenvalue weighted by molar-refractivity contribution is 5.93. The minimum Gasteiger partial charge on any atom is -0.492 e. The average molecular weight is 336 g/mol. The van der Waals surface area contributed by atoms with E-state index in [1.807, 2.05) is 44.3 Å². The Morgan fingerprint density at radius 2 is 2.20 bits per heavy atom. The Hall–Kier alpha value is -2.89. The van der Waals surface area contributed by atoms with Crippen LogP contribution in [-0.2, 0) is 4.79 Å². The van der Waals surface area contributed by atoms with Gasteiger partial charge < -0.3 is 10.1 Å². The van der Waals surface area contributed by atoms with E-state index in [4.69, 9.17) is 4.74 Å². The van der Waals surface area contributed by atoms with E-state index in [0.717, 1.165) is 40.9 Å². The fourth-order valence-corrected chi connectivity index (χ4v) is 2.84. The predicted octanol–water partition coefficient (Wildman–Crippen LogP) is 3.45. The number of aromatic nitrogens is 3. The van der Waals surface area contributed by atoms with Crippen LogP contribution >= 0.6 is 0 Å². The van der Waals surface area contributed by atoms with Crippen molar-refractivity contribution in [2.45, 2.75) is 26.7 Å². The summed E-state index contributed by atoms with van der Waals surface area (Å²) in [6, 6.07) is 7.93. The maximum atomic E-state index is 11.9. The van der Waals surface area contributed by atoms with Gasteiger partial charge in [-0.15, -0.1) is 0 Å². The number of fused-ring (bicyclic) bond motifs is 1. The van der Waals surface area contributed by atoms with Crippen LogP contribution in [0.25, 0.3) is 16.6 Å². The Bertz CT molecular complexity index is 944. The lowest BCUT2D eigenvalue weighted by atomic mass is 10.1. The number of aryl methyl sites for hydroxylation is 1. The van der Waals surface area contributed by atoms with E-state index in [1.54, 1.807) is 10.7 Å². The number of ether oxygens (including phenoxy) is 1. The van der Waals surface area contributed by atoms with Crippen LogP contribution in [0.3, 0.4) is 0 Å². The minimum absolute atomic E-state index is 0.0621. The van der Waals surface area contributed by atoms with Crippen LogP contribution < -0.4 is 10.1 Å². The van der Waals surface area contributed by atoms with Crippen molar-refractivity contribution in [2.24, 2.45) is 5.92 Å². The van der Waals surface area contributed by atoms with Crippen LogP contribution in [0.4, 0.5) is 5.82 Å². The average Bonchev–Trinajstić information content (AvgIpc) is 3.37. The zero-order chi connectivity index (χ0) is 17.4. The summed E-state index contributed by atoms with van der Waals surface area (Å²) < 4.78 is 7.47. The molecule has 1 fully saturated rings. The Kier molecular flexibility index (Phi) is 3.87. The monoisotopic (exact) mass is 336 g/mol. The molecule has 0 atom stereocenters. The van der Waals surface area contributed by atoms with Crippen molar-refractivity contribution < 1.29 is 9.53 Å². The number of anilines is 1. The summed E-state index contributed by atoms with van der Waals surface area (Å²) in [4.78, 5) is 16.2. The third-order valence-corrected chi connectivity index (χ3v) is 4.28. The number of nitrogens with zero attached hydrogens (tertiary/aromatic N) is 3. The first-order chi connectivity index (χ1) is 12.1. The molecule has 1 saturated carbocycles. The molecule has 25 heavy (non-hydrogen) atoms. The predicted molar refractivity (Wildman–Crippen MR) is 95.7 cm³/mol. The van der Waals surface area contributed by atoms with E-state index in [9.17, 15) is 4.79 Å². The minimum atomic E-state index is 0.0621. The number of carbonyl (C=O) groups excluding carboxylic acids is 1. The summed E-state index contributed by atoms with van der Waals surface area (Å²) in [6.45, 7) is 4.50. The number of amides is 1. The van der Waals surface area contributed by atoms with Gasteiger partial charge in [0.25, 0.3) is 0 Å². The zero-order valence-corrected chi connectivity index (χ0v) is 14.3. The first-order valence-corrected chi connectivity index (χ1v) is 8.54. The van der Waals surface area contributed by atoms with Crippen molar-refractivity contribution in [1.29, 1.82) is 0 Å². The molecule has 4 rings (SSSR count). The van der Waals surface area contributed by atoms with E-state index in [0.29, 0.717) is 12.4 Å². The molecule has 6 heteroatoms. The first kappa shape index (κ1) is 15.6. The lowest BCUT2D eigenvalue weighted by molar-refractivity contribution is -0.117. The topological polar surface area (TPSA) is 68.5 Å². The molecule has 128 valence electrons. The van der Waals surface area contributed by atoms with Crippen LogP contribution in [0, 0.1) is 12.8 Å². The highest BCUT2D eigenvalue weighted by atomic mass is 16.5. The molecule has 1 amide bonds. The Morgan fingerprint density at radius 3 is 2.96 bits per heavy atom. The largest absolute Gasteiger partial charge is 0.492 e. The van der Waals surface area contributed by atoms with Gasteiger partial charge in [-0.05, 0) is 50.5 Å². The second-order valence-corrected chi connectivity index (χ2v) is 6.33. The molecule has 6 nitrogen and oxygen atoms in total. The molecular formula is C19H20N4O2. The SMILES string of the molecule is CCOc1cnc(C)cc1-c1ccn2nc(NC(=O)C3CC3)cc2c1. The normalized spacial score (nSPS) is 13.8. The van der Waals surface area contributed by atoms with Gasteiger partial charge in [0.1, 0.15) is 5.75 Å². The summed E-state index contributed by atoms with van der Waals surface area (Å²) in [5.41, 5.74) is 3.88. The molecule has 3 aromatic heterocycles. The number of hydrogen-bond donors (Lipinski definition) is 1. The van der Waals surface area contributed by atoms with Crippen molar-refractivity contribution in [3.05, 3.63) is 42.4 Å². The second kappa shape index (κ2) is 6.20. The molecule has 0 aromatic carbocycles. The standard InChI is InChI=1S/C19H20N4O2/c1-3-25-17-11-20-12(2)8-16(17)14-6-7-23-15(9-14)10-18(22-23)21-19(24)13-4-5-13/h6-11,13H,3-5H2,1-2H3,(H,21,22,24). The Balaban J connectivity index is 1.69. The third kappa shape index (κ3) is 3.20. The summed E-state index contributed by atoms with van der Waals surface area (Å²) in [6.07, 6.45) is 5.61. The summed E-state index contributed by atoms with van der Waals surface area (Å²) in [7, 11) is 0. The molecule has 3 aromatic rings. The van der Waals surface area contributed by atoms with Crippen molar-refractivity contribution >= 4 is 17.2 Å². The van der Waals surface area contributed by atoms with Crippen molar-refractivity contribution in [2.75, 3.05) is 11.9 Å². The van der Waals surface area contributed by atoms with Gasteiger partial charge in [0, 0.05) is 29.4 Å². The van der Waals surface area contributed by atoms with Gasteiger partial charge in [0.05, 0.1) is 18.3 Å². The molecular weight excluding hydrogens is 316 g/mol. The number of rotatable bonds is 5. The van der Waals surface area contributed by atoms with E-state index >= 15 is 0 Å². The van der Waals surface area contributed by atoms with E-state index in [2.05, 4.69) is 15.4 Å². The molecule has 0 unspecified atom stereocenters. The molecule has 0 bridgehead atoms. The van der Waals surface area contributed by atoms with Gasteiger partial charge in [-0.3, -0.25) is 9.78 Å². The maximum Gasteiger partial charge on any atom is 0.228 e. The fourth-order valence-electron chi connectivity index (χ4n) is 2.84. The molecule has 1 N–H and O–H groups in total. The lowest BCUT2D eigenvalue weighted by Crippen LogP contribution is -2.13. The summed E-state index contributed by atoms with van der Waals surface area (Å²) in [5, 5.41) is 7.30. The first-order valence-electron chi connectivity index (χ1n) is 8.54. The smallest absolute Gasteiger partial charge is 0.228 e. The maximum absolute atomic E-state index is 11.9. The van der Waals surface area contributed by atoms with E-state index in [-0.39, 0.29) is 11.8 Å². The third-order valence-electron chi connectivity index (χ3n) is 4.28. The van der Waals surface area contributed by atoms with Crippen LogP contribution in [0.15, 0.2) is 36.7 Å².